The van der Waals surface area contributed by atoms with Crippen molar-refractivity contribution in [2.24, 2.45) is 0 Å². The summed E-state index contributed by atoms with van der Waals surface area (Å²) in [6, 6.07) is 4.15. The number of aromatic amines is 1. The van der Waals surface area contributed by atoms with E-state index < -0.39 is 11.7 Å². The Morgan fingerprint density at radius 2 is 2.05 bits per heavy atom. The van der Waals surface area contributed by atoms with E-state index in [2.05, 4.69) is 15.5 Å². The Balaban J connectivity index is 2.17. The molecule has 0 fully saturated rings. The third-order valence-corrected chi connectivity index (χ3v) is 3.16. The van der Waals surface area contributed by atoms with Gasteiger partial charge in [0, 0.05) is 11.3 Å². The highest BCUT2D eigenvalue weighted by atomic mass is 16.4. The number of benzene rings is 1. The Kier molecular flexibility index (Phi) is 3.93. The first-order valence-electron chi connectivity index (χ1n) is 6.25. The number of carbonyl (C=O) groups is 2. The number of nitrogens with one attached hydrogen (secondary N) is 2. The number of carboxylic acids is 1. The summed E-state index contributed by atoms with van der Waals surface area (Å²) in [4.78, 5) is 22.9. The van der Waals surface area contributed by atoms with Crippen molar-refractivity contribution in [2.45, 2.75) is 20.3 Å². The first-order valence-corrected chi connectivity index (χ1v) is 6.25. The number of aromatic nitrogens is 2. The second kappa shape index (κ2) is 5.66. The molecule has 0 saturated carbocycles. The molecule has 0 saturated heterocycles. The van der Waals surface area contributed by atoms with Crippen molar-refractivity contribution >= 4 is 17.6 Å². The predicted octanol–water partition coefficient (Wildman–Crippen LogP) is 1.61. The maximum atomic E-state index is 12.0. The van der Waals surface area contributed by atoms with Crippen LogP contribution in [0.25, 0.3) is 0 Å². The van der Waals surface area contributed by atoms with Gasteiger partial charge in [-0.2, -0.15) is 5.10 Å². The van der Waals surface area contributed by atoms with E-state index in [1.165, 1.54) is 18.2 Å². The van der Waals surface area contributed by atoms with Gasteiger partial charge in [-0.3, -0.25) is 9.89 Å². The largest absolute Gasteiger partial charge is 0.505 e. The summed E-state index contributed by atoms with van der Waals surface area (Å²) in [6.45, 7) is 3.60. The van der Waals surface area contributed by atoms with Crippen molar-refractivity contribution in [3.8, 4) is 5.75 Å². The van der Waals surface area contributed by atoms with Crippen LogP contribution in [0.15, 0.2) is 18.2 Å². The highest BCUT2D eigenvalue weighted by Crippen LogP contribution is 2.27. The molecule has 0 atom stereocenters. The van der Waals surface area contributed by atoms with Crippen LogP contribution in [0.2, 0.25) is 0 Å². The summed E-state index contributed by atoms with van der Waals surface area (Å²) in [6.07, 6.45) is 0.0882. The molecule has 0 aliphatic heterocycles. The Hall–Kier alpha value is -2.83. The number of anilines is 1. The monoisotopic (exact) mass is 289 g/mol. The van der Waals surface area contributed by atoms with E-state index >= 15 is 0 Å². The third kappa shape index (κ3) is 3.02. The Bertz CT molecular complexity index is 687. The molecule has 0 radical (unpaired) electrons. The molecule has 0 aliphatic carbocycles. The van der Waals surface area contributed by atoms with Crippen LogP contribution in [-0.2, 0) is 11.2 Å². The maximum absolute atomic E-state index is 12.0. The van der Waals surface area contributed by atoms with Crippen molar-refractivity contribution in [1.29, 1.82) is 0 Å². The maximum Gasteiger partial charge on any atom is 0.339 e. The van der Waals surface area contributed by atoms with Gasteiger partial charge >= 0.3 is 5.97 Å². The van der Waals surface area contributed by atoms with Crippen molar-refractivity contribution in [2.75, 3.05) is 5.32 Å². The molecular formula is C14H15N3O4. The summed E-state index contributed by atoms with van der Waals surface area (Å²) >= 11 is 0. The second-order valence-corrected chi connectivity index (χ2v) is 4.64. The lowest BCUT2D eigenvalue weighted by atomic mass is 10.1. The number of phenols is 1. The van der Waals surface area contributed by atoms with Crippen molar-refractivity contribution in [3.63, 3.8) is 0 Å². The van der Waals surface area contributed by atoms with E-state index in [1.54, 1.807) is 6.92 Å². The SMILES string of the molecule is Cc1n[nH]c(C)c1CC(=O)Nc1cccc(C(=O)O)c1O. The van der Waals surface area contributed by atoms with E-state index in [4.69, 9.17) is 5.11 Å². The fourth-order valence-electron chi connectivity index (χ4n) is 2.01. The molecular weight excluding hydrogens is 274 g/mol. The van der Waals surface area contributed by atoms with Crippen LogP contribution < -0.4 is 5.32 Å². The molecule has 0 bridgehead atoms. The van der Waals surface area contributed by atoms with E-state index in [1.807, 2.05) is 6.92 Å². The topological polar surface area (TPSA) is 115 Å². The quantitative estimate of drug-likeness (QED) is 0.638. The van der Waals surface area contributed by atoms with Gasteiger partial charge in [0.15, 0.2) is 5.75 Å². The van der Waals surface area contributed by atoms with Gasteiger partial charge in [0.2, 0.25) is 5.91 Å². The summed E-state index contributed by atoms with van der Waals surface area (Å²) in [5, 5.41) is 28.0. The molecule has 1 aromatic carbocycles. The van der Waals surface area contributed by atoms with Gasteiger partial charge in [-0.1, -0.05) is 6.07 Å². The number of rotatable bonds is 4. The fraction of sp³-hybridized carbons (Fsp3) is 0.214. The first kappa shape index (κ1) is 14.6. The molecule has 2 aromatic rings. The van der Waals surface area contributed by atoms with Crippen molar-refractivity contribution in [3.05, 3.63) is 40.7 Å². The zero-order valence-corrected chi connectivity index (χ0v) is 11.6. The zero-order chi connectivity index (χ0) is 15.6. The minimum atomic E-state index is -1.26. The lowest BCUT2D eigenvalue weighted by molar-refractivity contribution is -0.115. The van der Waals surface area contributed by atoms with Crippen LogP contribution in [0.5, 0.6) is 5.75 Å². The lowest BCUT2D eigenvalue weighted by Gasteiger charge is -2.09. The summed E-state index contributed by atoms with van der Waals surface area (Å²) in [7, 11) is 0. The minimum Gasteiger partial charge on any atom is -0.505 e. The highest BCUT2D eigenvalue weighted by Gasteiger charge is 2.16. The fourth-order valence-corrected chi connectivity index (χ4v) is 2.01. The third-order valence-electron chi connectivity index (χ3n) is 3.16. The van der Waals surface area contributed by atoms with Gasteiger partial charge < -0.3 is 15.5 Å². The number of aryl methyl sites for hydroxylation is 2. The van der Waals surface area contributed by atoms with Gasteiger partial charge in [-0.25, -0.2) is 4.79 Å². The average molecular weight is 289 g/mol. The summed E-state index contributed by atoms with van der Waals surface area (Å²) in [5.41, 5.74) is 2.11. The van der Waals surface area contributed by atoms with Crippen LogP contribution >= 0.6 is 0 Å². The normalized spacial score (nSPS) is 10.4. The second-order valence-electron chi connectivity index (χ2n) is 4.64. The smallest absolute Gasteiger partial charge is 0.339 e. The summed E-state index contributed by atoms with van der Waals surface area (Å²) < 4.78 is 0. The number of hydrogen-bond donors (Lipinski definition) is 4. The number of amides is 1. The van der Waals surface area contributed by atoms with Gasteiger partial charge in [-0.05, 0) is 26.0 Å². The van der Waals surface area contributed by atoms with Crippen LogP contribution in [0, 0.1) is 13.8 Å². The Morgan fingerprint density at radius 3 is 2.62 bits per heavy atom. The molecule has 1 aromatic heterocycles. The minimum absolute atomic E-state index is 0.0682. The van der Waals surface area contributed by atoms with Crippen molar-refractivity contribution in [1.82, 2.24) is 10.2 Å². The van der Waals surface area contributed by atoms with Gasteiger partial charge in [-0.15, -0.1) is 0 Å². The number of nitrogens with zero attached hydrogens (tertiary/aromatic N) is 1. The molecule has 1 heterocycles. The van der Waals surface area contributed by atoms with E-state index in [-0.39, 0.29) is 23.6 Å². The number of aromatic hydroxyl groups is 1. The molecule has 0 aliphatic rings. The molecule has 7 heteroatoms. The van der Waals surface area contributed by atoms with Crippen LogP contribution in [-0.4, -0.2) is 32.3 Å². The first-order chi connectivity index (χ1) is 9.90. The molecule has 7 nitrogen and oxygen atoms in total. The predicted molar refractivity (Wildman–Crippen MR) is 75.5 cm³/mol. The number of aromatic carboxylic acids is 1. The standard InChI is InChI=1S/C14H15N3O4/c1-7-10(8(2)17-16-7)6-12(18)15-11-5-3-4-9(13(11)19)14(20)21/h3-5,19H,6H2,1-2H3,(H,15,18)(H,16,17)(H,20,21). The van der Waals surface area contributed by atoms with Crippen LogP contribution in [0.1, 0.15) is 27.3 Å². The van der Waals surface area contributed by atoms with Gasteiger partial charge in [0.1, 0.15) is 5.56 Å². The molecule has 21 heavy (non-hydrogen) atoms. The van der Waals surface area contributed by atoms with Crippen LogP contribution in [0.4, 0.5) is 5.69 Å². The molecule has 0 spiro atoms. The number of carboxylic acid groups (broad SMARTS) is 1. The van der Waals surface area contributed by atoms with Crippen LogP contribution in [0.3, 0.4) is 0 Å². The Morgan fingerprint density at radius 1 is 1.33 bits per heavy atom. The van der Waals surface area contributed by atoms with Gasteiger partial charge in [0.05, 0.1) is 17.8 Å². The van der Waals surface area contributed by atoms with Crippen molar-refractivity contribution < 1.29 is 19.8 Å². The molecule has 110 valence electrons. The molecule has 2 rings (SSSR count). The number of hydrogen-bond acceptors (Lipinski definition) is 4. The van der Waals surface area contributed by atoms with E-state index in [9.17, 15) is 14.7 Å². The summed E-state index contributed by atoms with van der Waals surface area (Å²) in [5.74, 6) is -2.08. The van der Waals surface area contributed by atoms with E-state index in [0.717, 1.165) is 17.0 Å². The lowest BCUT2D eigenvalue weighted by Crippen LogP contribution is -2.15. The number of H-pyrrole nitrogens is 1. The number of carbonyl (C=O) groups excluding carboxylic acids is 1. The molecule has 1 amide bonds. The zero-order valence-electron chi connectivity index (χ0n) is 11.6. The molecule has 4 N–H and O–H groups in total. The Labute approximate surface area is 120 Å². The van der Waals surface area contributed by atoms with E-state index in [0.29, 0.717) is 0 Å². The number of para-hydroxylation sites is 1. The highest BCUT2D eigenvalue weighted by molar-refractivity contribution is 5.98. The average Bonchev–Trinajstić information content (AvgIpc) is 2.72. The van der Waals surface area contributed by atoms with Gasteiger partial charge in [0.25, 0.3) is 0 Å². The molecule has 0 unspecified atom stereocenters.